The van der Waals surface area contributed by atoms with Crippen molar-refractivity contribution in [2.45, 2.75) is 38.5 Å². The number of nitrogens with zero attached hydrogens (tertiary/aromatic N) is 1. The lowest BCUT2D eigenvalue weighted by Gasteiger charge is -2.36. The number of benzene rings is 2. The van der Waals surface area contributed by atoms with Crippen LogP contribution in [0.2, 0.25) is 5.02 Å². The third-order valence-corrected chi connectivity index (χ3v) is 6.77. The van der Waals surface area contributed by atoms with Gasteiger partial charge in [0.25, 0.3) is 0 Å². The molecule has 3 atom stereocenters. The molecule has 0 N–H and O–H groups in total. The van der Waals surface area contributed by atoms with Crippen LogP contribution in [0.4, 0.5) is 0 Å². The maximum atomic E-state index is 13.6. The van der Waals surface area contributed by atoms with E-state index in [1.54, 1.807) is 31.2 Å². The number of hydrogen-bond acceptors (Lipinski definition) is 7. The lowest BCUT2D eigenvalue weighted by atomic mass is 9.69. The summed E-state index contributed by atoms with van der Waals surface area (Å²) in [6.07, 6.45) is 0.885. The first-order chi connectivity index (χ1) is 17.3. The number of ether oxygens (including phenoxy) is 3. The number of rotatable bonds is 7. The van der Waals surface area contributed by atoms with Crippen molar-refractivity contribution in [1.29, 1.82) is 0 Å². The van der Waals surface area contributed by atoms with Crippen LogP contribution in [-0.2, 0) is 23.9 Å². The molecule has 0 radical (unpaired) electrons. The molecule has 36 heavy (non-hydrogen) atoms. The van der Waals surface area contributed by atoms with Crippen molar-refractivity contribution >= 4 is 35.0 Å². The van der Waals surface area contributed by atoms with E-state index in [2.05, 4.69) is 0 Å². The number of Topliss-reactive ketones (excluding diaryl/α,β-unsaturated/α-hetero) is 1. The topological polar surface area (TPSA) is 91.3 Å². The molecule has 1 heterocycles. The van der Waals surface area contributed by atoms with E-state index >= 15 is 0 Å². The third-order valence-electron chi connectivity index (χ3n) is 6.52. The third kappa shape index (κ3) is 5.58. The van der Waals surface area contributed by atoms with E-state index in [9.17, 15) is 14.4 Å². The van der Waals surface area contributed by atoms with Gasteiger partial charge in [-0.05, 0) is 54.7 Å². The fourth-order valence-corrected chi connectivity index (χ4v) is 5.05. The van der Waals surface area contributed by atoms with Gasteiger partial charge in [-0.2, -0.15) is 0 Å². The molecule has 2 aromatic carbocycles. The Morgan fingerprint density at radius 3 is 2.31 bits per heavy atom. The Kier molecular flexibility index (Phi) is 8.01. The number of methoxy groups -OCH3 is 1. The van der Waals surface area contributed by atoms with Gasteiger partial charge in [0.2, 0.25) is 0 Å². The monoisotopic (exact) mass is 509 g/mol. The normalized spacial score (nSPS) is 21.5. The van der Waals surface area contributed by atoms with E-state index in [1.165, 1.54) is 14.0 Å². The second kappa shape index (κ2) is 11.2. The van der Waals surface area contributed by atoms with Gasteiger partial charge in [-0.15, -0.1) is 0 Å². The number of aliphatic imine (C=N–C) groups is 1. The minimum Gasteiger partial charge on any atom is -0.463 e. The number of allylic oxidation sites excluding steroid dienone is 2. The molecule has 0 saturated carbocycles. The number of halogens is 1. The van der Waals surface area contributed by atoms with Crippen LogP contribution >= 0.6 is 11.6 Å². The second-order valence-electron chi connectivity index (χ2n) is 8.97. The summed E-state index contributed by atoms with van der Waals surface area (Å²) in [6, 6.07) is 14.4. The first-order valence-corrected chi connectivity index (χ1v) is 12.2. The first-order valence-electron chi connectivity index (χ1n) is 11.8. The fourth-order valence-electron chi connectivity index (χ4n) is 4.92. The van der Waals surface area contributed by atoms with E-state index in [-0.39, 0.29) is 24.9 Å². The number of carbonyl (C=O) groups is 3. The molecule has 1 unspecified atom stereocenters. The summed E-state index contributed by atoms with van der Waals surface area (Å²) in [5, 5.41) is 0.638. The zero-order valence-electron chi connectivity index (χ0n) is 20.5. The van der Waals surface area contributed by atoms with Crippen LogP contribution < -0.4 is 4.74 Å². The van der Waals surface area contributed by atoms with Crippen molar-refractivity contribution in [3.63, 3.8) is 0 Å². The minimum absolute atomic E-state index is 0.0257. The predicted octanol–water partition coefficient (Wildman–Crippen LogP) is 5.03. The molecule has 8 heteroatoms. The SMILES string of the molecule is COCCOC(=O)C1C(C)=NC2=C(C(=O)C[C@H](c3ccc(Cl)cc3)C2)[C@H]1c1ccc(OC(C)=O)cc1. The number of ketones is 1. The Morgan fingerprint density at radius 1 is 1.00 bits per heavy atom. The lowest BCUT2D eigenvalue weighted by Crippen LogP contribution is -2.38. The molecule has 0 saturated heterocycles. The Bertz CT molecular complexity index is 1220. The maximum Gasteiger partial charge on any atom is 0.315 e. The van der Waals surface area contributed by atoms with Gasteiger partial charge < -0.3 is 14.2 Å². The smallest absolute Gasteiger partial charge is 0.315 e. The highest BCUT2D eigenvalue weighted by Gasteiger charge is 2.44. The zero-order valence-corrected chi connectivity index (χ0v) is 21.2. The highest BCUT2D eigenvalue weighted by molar-refractivity contribution is 6.30. The molecule has 0 bridgehead atoms. The van der Waals surface area contributed by atoms with Crippen LogP contribution in [-0.4, -0.2) is 43.8 Å². The number of esters is 2. The fraction of sp³-hybridized carbons (Fsp3) is 0.357. The zero-order chi connectivity index (χ0) is 25.8. The van der Waals surface area contributed by atoms with Crippen molar-refractivity contribution in [2.75, 3.05) is 20.3 Å². The first kappa shape index (κ1) is 25.8. The van der Waals surface area contributed by atoms with Crippen molar-refractivity contribution in [2.24, 2.45) is 10.9 Å². The molecule has 1 aliphatic heterocycles. The molecule has 1 aliphatic carbocycles. The Balaban J connectivity index is 1.73. The quantitative estimate of drug-likeness (QED) is 0.295. The summed E-state index contributed by atoms with van der Waals surface area (Å²) in [5.74, 6) is -1.88. The van der Waals surface area contributed by atoms with Crippen LogP contribution in [0.1, 0.15) is 49.7 Å². The van der Waals surface area contributed by atoms with Gasteiger partial charge in [0.05, 0.1) is 6.61 Å². The van der Waals surface area contributed by atoms with E-state index in [0.717, 1.165) is 11.1 Å². The van der Waals surface area contributed by atoms with Crippen LogP contribution in [0, 0.1) is 5.92 Å². The lowest BCUT2D eigenvalue weighted by molar-refractivity contribution is -0.147. The van der Waals surface area contributed by atoms with Gasteiger partial charge in [0.1, 0.15) is 18.3 Å². The number of hydrogen-bond donors (Lipinski definition) is 0. The Labute approximate surface area is 215 Å². The summed E-state index contributed by atoms with van der Waals surface area (Å²) in [5.41, 5.74) is 3.60. The van der Waals surface area contributed by atoms with Crippen molar-refractivity contribution in [3.8, 4) is 5.75 Å². The predicted molar refractivity (Wildman–Crippen MR) is 135 cm³/mol. The minimum atomic E-state index is -0.754. The molecule has 0 spiro atoms. The Morgan fingerprint density at radius 2 is 1.67 bits per heavy atom. The number of carbonyl (C=O) groups excluding carboxylic acids is 3. The van der Waals surface area contributed by atoms with Crippen LogP contribution in [0.5, 0.6) is 5.75 Å². The van der Waals surface area contributed by atoms with Gasteiger partial charge in [-0.25, -0.2) is 0 Å². The molecule has 7 nitrogen and oxygen atoms in total. The largest absolute Gasteiger partial charge is 0.463 e. The van der Waals surface area contributed by atoms with Crippen LogP contribution in [0.3, 0.4) is 0 Å². The van der Waals surface area contributed by atoms with Gasteiger partial charge in [0.15, 0.2) is 5.78 Å². The van der Waals surface area contributed by atoms with E-state index in [1.807, 2.05) is 24.3 Å². The van der Waals surface area contributed by atoms with Crippen molar-refractivity contribution in [1.82, 2.24) is 0 Å². The molecule has 0 amide bonds. The van der Waals surface area contributed by atoms with Gasteiger partial charge in [0, 0.05) is 48.4 Å². The molecular formula is C28H28ClNO6. The summed E-state index contributed by atoms with van der Waals surface area (Å²) in [4.78, 5) is 42.9. The summed E-state index contributed by atoms with van der Waals surface area (Å²) in [6.45, 7) is 3.50. The summed E-state index contributed by atoms with van der Waals surface area (Å²) in [7, 11) is 1.53. The molecule has 0 fully saturated rings. The molecular weight excluding hydrogens is 482 g/mol. The second-order valence-corrected chi connectivity index (χ2v) is 9.41. The molecule has 2 aromatic rings. The molecule has 0 aromatic heterocycles. The van der Waals surface area contributed by atoms with E-state index in [4.69, 9.17) is 30.8 Å². The Hall–Kier alpha value is -3.29. The summed E-state index contributed by atoms with van der Waals surface area (Å²) >= 11 is 6.05. The molecule has 188 valence electrons. The average molecular weight is 510 g/mol. The van der Waals surface area contributed by atoms with Gasteiger partial charge >= 0.3 is 11.9 Å². The van der Waals surface area contributed by atoms with Gasteiger partial charge in [-0.1, -0.05) is 35.9 Å². The van der Waals surface area contributed by atoms with E-state index in [0.29, 0.717) is 40.6 Å². The van der Waals surface area contributed by atoms with Crippen LogP contribution in [0.15, 0.2) is 64.8 Å². The highest BCUT2D eigenvalue weighted by Crippen LogP contribution is 2.47. The highest BCUT2D eigenvalue weighted by atomic mass is 35.5. The molecule has 2 aliphatic rings. The van der Waals surface area contributed by atoms with Crippen LogP contribution in [0.25, 0.3) is 0 Å². The van der Waals surface area contributed by atoms with Crippen molar-refractivity contribution < 1.29 is 28.6 Å². The molecule has 4 rings (SSSR count). The maximum absolute atomic E-state index is 13.6. The van der Waals surface area contributed by atoms with E-state index < -0.39 is 23.8 Å². The average Bonchev–Trinajstić information content (AvgIpc) is 2.83. The van der Waals surface area contributed by atoms with Crippen molar-refractivity contribution in [3.05, 3.63) is 76.0 Å². The van der Waals surface area contributed by atoms with Gasteiger partial charge in [-0.3, -0.25) is 19.4 Å². The summed E-state index contributed by atoms with van der Waals surface area (Å²) < 4.78 is 15.6. The standard InChI is InChI=1S/C28H28ClNO6/c1-16-25(28(33)35-13-12-34-3)26(19-6-10-22(11-7-19)36-17(2)31)27-23(30-16)14-20(15-24(27)32)18-4-8-21(29)9-5-18/h4-11,20,25-26H,12-15H2,1-3H3/t20-,25?,26+/m1/s1.